The van der Waals surface area contributed by atoms with Crippen LogP contribution in [-0.2, 0) is 16.1 Å². The van der Waals surface area contributed by atoms with Crippen molar-refractivity contribution in [1.29, 1.82) is 0 Å². The van der Waals surface area contributed by atoms with Crippen LogP contribution < -0.4 is 5.32 Å². The van der Waals surface area contributed by atoms with Crippen molar-refractivity contribution in [2.45, 2.75) is 45.2 Å². The molecule has 30 heavy (non-hydrogen) atoms. The fourth-order valence-electron chi connectivity index (χ4n) is 2.75. The number of aryl methyl sites for hydroxylation is 1. The molecule has 2 rings (SSSR count). The molecule has 1 unspecified atom stereocenters. The highest BCUT2D eigenvalue weighted by molar-refractivity contribution is 8.00. The lowest BCUT2D eigenvalue weighted by Crippen LogP contribution is -2.48. The molecule has 1 atom stereocenters. The summed E-state index contributed by atoms with van der Waals surface area (Å²) in [6.45, 7) is 8.52. The standard InChI is InChI=1S/C23H28Cl2N2O2S/c1-15(2)12-26-23(29)17(4)27(13-19-20(24)6-5-7-21(19)25)22(28)14-30-18-10-8-16(3)9-11-18/h5-11,15,17H,12-14H2,1-4H3,(H,26,29). The first kappa shape index (κ1) is 24.6. The number of nitrogens with one attached hydrogen (secondary N) is 1. The second kappa shape index (κ2) is 11.6. The van der Waals surface area contributed by atoms with E-state index in [-0.39, 0.29) is 24.1 Å². The molecule has 0 fully saturated rings. The summed E-state index contributed by atoms with van der Waals surface area (Å²) < 4.78 is 0. The lowest BCUT2D eigenvalue weighted by molar-refractivity contribution is -0.138. The number of amides is 2. The maximum absolute atomic E-state index is 13.1. The summed E-state index contributed by atoms with van der Waals surface area (Å²) in [5, 5.41) is 3.85. The molecule has 0 saturated carbocycles. The summed E-state index contributed by atoms with van der Waals surface area (Å²) in [6, 6.07) is 12.6. The van der Waals surface area contributed by atoms with Gasteiger partial charge in [-0.15, -0.1) is 11.8 Å². The minimum Gasteiger partial charge on any atom is -0.354 e. The first-order valence-corrected chi connectivity index (χ1v) is 11.6. The largest absolute Gasteiger partial charge is 0.354 e. The second-order valence-electron chi connectivity index (χ2n) is 7.64. The molecule has 0 heterocycles. The molecule has 0 radical (unpaired) electrons. The van der Waals surface area contributed by atoms with Crippen LogP contribution in [0.1, 0.15) is 31.9 Å². The Balaban J connectivity index is 2.19. The van der Waals surface area contributed by atoms with Gasteiger partial charge in [0.25, 0.3) is 0 Å². The van der Waals surface area contributed by atoms with Gasteiger partial charge in [0, 0.05) is 33.6 Å². The Morgan fingerprint density at radius 1 is 1.03 bits per heavy atom. The van der Waals surface area contributed by atoms with Gasteiger partial charge in [-0.2, -0.15) is 0 Å². The monoisotopic (exact) mass is 466 g/mol. The Morgan fingerprint density at radius 3 is 2.20 bits per heavy atom. The predicted molar refractivity (Wildman–Crippen MR) is 126 cm³/mol. The number of thioether (sulfide) groups is 1. The summed E-state index contributed by atoms with van der Waals surface area (Å²) in [5.41, 5.74) is 1.80. The van der Waals surface area contributed by atoms with Gasteiger partial charge in [-0.05, 0) is 44.0 Å². The second-order valence-corrected chi connectivity index (χ2v) is 9.50. The zero-order valence-corrected chi connectivity index (χ0v) is 20.1. The first-order valence-electron chi connectivity index (χ1n) is 9.88. The third-order valence-electron chi connectivity index (χ3n) is 4.63. The van der Waals surface area contributed by atoms with Crippen molar-refractivity contribution in [3.8, 4) is 0 Å². The molecule has 0 aromatic heterocycles. The van der Waals surface area contributed by atoms with Gasteiger partial charge in [-0.25, -0.2) is 0 Å². The number of halogens is 2. The van der Waals surface area contributed by atoms with Crippen LogP contribution in [0.15, 0.2) is 47.4 Å². The molecule has 2 aromatic rings. The van der Waals surface area contributed by atoms with E-state index in [1.807, 2.05) is 45.0 Å². The number of benzene rings is 2. The number of hydrogen-bond acceptors (Lipinski definition) is 3. The Bertz CT molecular complexity index is 852. The van der Waals surface area contributed by atoms with Gasteiger partial charge < -0.3 is 10.2 Å². The molecule has 2 aromatic carbocycles. The zero-order valence-electron chi connectivity index (χ0n) is 17.7. The molecule has 0 aliphatic heterocycles. The maximum Gasteiger partial charge on any atom is 0.242 e. The van der Waals surface area contributed by atoms with Crippen molar-refractivity contribution in [3.63, 3.8) is 0 Å². The Hall–Kier alpha value is -1.69. The molecular weight excluding hydrogens is 439 g/mol. The van der Waals surface area contributed by atoms with Gasteiger partial charge in [0.05, 0.1) is 5.75 Å². The molecule has 4 nitrogen and oxygen atoms in total. The number of hydrogen-bond donors (Lipinski definition) is 1. The van der Waals surface area contributed by atoms with Gasteiger partial charge >= 0.3 is 0 Å². The summed E-state index contributed by atoms with van der Waals surface area (Å²) in [4.78, 5) is 28.4. The van der Waals surface area contributed by atoms with E-state index in [2.05, 4.69) is 5.32 Å². The van der Waals surface area contributed by atoms with E-state index in [4.69, 9.17) is 23.2 Å². The normalized spacial score (nSPS) is 12.0. The third-order valence-corrected chi connectivity index (χ3v) is 6.33. The van der Waals surface area contributed by atoms with Crippen LogP contribution in [0.4, 0.5) is 0 Å². The van der Waals surface area contributed by atoms with Crippen molar-refractivity contribution < 1.29 is 9.59 Å². The van der Waals surface area contributed by atoms with E-state index >= 15 is 0 Å². The molecule has 1 N–H and O–H groups in total. The Kier molecular flexibility index (Phi) is 9.53. The van der Waals surface area contributed by atoms with Crippen molar-refractivity contribution in [1.82, 2.24) is 10.2 Å². The van der Waals surface area contributed by atoms with E-state index in [0.717, 1.165) is 10.5 Å². The van der Waals surface area contributed by atoms with Crippen molar-refractivity contribution in [2.24, 2.45) is 5.92 Å². The molecular formula is C23H28Cl2N2O2S. The Morgan fingerprint density at radius 2 is 1.63 bits per heavy atom. The van der Waals surface area contributed by atoms with Crippen LogP contribution in [0.2, 0.25) is 10.0 Å². The van der Waals surface area contributed by atoms with E-state index < -0.39 is 6.04 Å². The van der Waals surface area contributed by atoms with Crippen molar-refractivity contribution >= 4 is 46.8 Å². The molecule has 7 heteroatoms. The molecule has 0 aliphatic rings. The molecule has 0 saturated heterocycles. The Labute approximate surface area is 193 Å². The fourth-order valence-corrected chi connectivity index (χ4v) is 4.05. The predicted octanol–water partition coefficient (Wildman–Crippen LogP) is 5.58. The minimum atomic E-state index is -0.651. The van der Waals surface area contributed by atoms with Gasteiger partial charge in [0.1, 0.15) is 6.04 Å². The smallest absolute Gasteiger partial charge is 0.242 e. The first-order chi connectivity index (χ1) is 14.2. The number of rotatable bonds is 9. The quantitative estimate of drug-likeness (QED) is 0.490. The fraction of sp³-hybridized carbons (Fsp3) is 0.391. The van der Waals surface area contributed by atoms with Crippen LogP contribution in [0.3, 0.4) is 0 Å². The lowest BCUT2D eigenvalue weighted by atomic mass is 10.1. The average molecular weight is 467 g/mol. The van der Waals surface area contributed by atoms with E-state index in [1.165, 1.54) is 11.8 Å². The highest BCUT2D eigenvalue weighted by Gasteiger charge is 2.27. The third kappa shape index (κ3) is 7.22. The molecule has 0 bridgehead atoms. The van der Waals surface area contributed by atoms with Gasteiger partial charge in [0.15, 0.2) is 0 Å². The van der Waals surface area contributed by atoms with Gasteiger partial charge in [0.2, 0.25) is 11.8 Å². The molecule has 0 spiro atoms. The SMILES string of the molecule is Cc1ccc(SCC(=O)N(Cc2c(Cl)cccc2Cl)C(C)C(=O)NCC(C)C)cc1. The maximum atomic E-state index is 13.1. The highest BCUT2D eigenvalue weighted by Crippen LogP contribution is 2.27. The lowest BCUT2D eigenvalue weighted by Gasteiger charge is -2.29. The topological polar surface area (TPSA) is 49.4 Å². The summed E-state index contributed by atoms with van der Waals surface area (Å²) >= 11 is 14.1. The number of carbonyl (C=O) groups is 2. The molecule has 2 amide bonds. The van der Waals surface area contributed by atoms with Crippen molar-refractivity contribution in [2.75, 3.05) is 12.3 Å². The van der Waals surface area contributed by atoms with Crippen LogP contribution in [0.25, 0.3) is 0 Å². The van der Waals surface area contributed by atoms with Crippen LogP contribution in [0.5, 0.6) is 0 Å². The molecule has 162 valence electrons. The summed E-state index contributed by atoms with van der Waals surface area (Å²) in [7, 11) is 0. The zero-order chi connectivity index (χ0) is 22.3. The van der Waals surface area contributed by atoms with Crippen molar-refractivity contribution in [3.05, 3.63) is 63.6 Å². The van der Waals surface area contributed by atoms with Crippen LogP contribution in [-0.4, -0.2) is 35.1 Å². The van der Waals surface area contributed by atoms with E-state index in [1.54, 1.807) is 30.0 Å². The van der Waals surface area contributed by atoms with Gasteiger partial charge in [-0.3, -0.25) is 9.59 Å². The van der Waals surface area contributed by atoms with Crippen LogP contribution >= 0.6 is 35.0 Å². The summed E-state index contributed by atoms with van der Waals surface area (Å²) in [5.74, 6) is 0.192. The molecule has 0 aliphatic carbocycles. The summed E-state index contributed by atoms with van der Waals surface area (Å²) in [6.07, 6.45) is 0. The minimum absolute atomic E-state index is 0.149. The van der Waals surface area contributed by atoms with E-state index in [9.17, 15) is 9.59 Å². The number of nitrogens with zero attached hydrogens (tertiary/aromatic N) is 1. The highest BCUT2D eigenvalue weighted by atomic mass is 35.5. The van der Waals surface area contributed by atoms with Crippen LogP contribution in [0, 0.1) is 12.8 Å². The average Bonchev–Trinajstić information content (AvgIpc) is 2.70. The van der Waals surface area contributed by atoms with E-state index in [0.29, 0.717) is 28.1 Å². The number of carbonyl (C=O) groups excluding carboxylic acids is 2. The van der Waals surface area contributed by atoms with Gasteiger partial charge in [-0.1, -0.05) is 60.8 Å².